The summed E-state index contributed by atoms with van der Waals surface area (Å²) < 4.78 is 0. The van der Waals surface area contributed by atoms with Gasteiger partial charge in [-0.15, -0.1) is 11.6 Å². The molecule has 0 rings (SSSR count). The predicted octanol–water partition coefficient (Wildman–Crippen LogP) is 4.47. The lowest BCUT2D eigenvalue weighted by molar-refractivity contribution is 0.226. The zero-order valence-electron chi connectivity index (χ0n) is 8.99. The Kier molecular flexibility index (Phi) is 6.00. The summed E-state index contributed by atoms with van der Waals surface area (Å²) in [7, 11) is 0. The molecular weight excluding hydrogens is 168 g/mol. The Morgan fingerprint density at radius 1 is 1.25 bits per heavy atom. The van der Waals surface area contributed by atoms with Gasteiger partial charge < -0.3 is 0 Å². The lowest BCUT2D eigenvalue weighted by Crippen LogP contribution is -2.25. The predicted molar refractivity (Wildman–Crippen MR) is 57.8 cm³/mol. The zero-order chi connectivity index (χ0) is 9.61. The molecule has 0 N–H and O–H groups in total. The van der Waals surface area contributed by atoms with Gasteiger partial charge in [0.15, 0.2) is 0 Å². The average molecular weight is 191 g/mol. The van der Waals surface area contributed by atoms with E-state index in [1.54, 1.807) is 0 Å². The molecule has 12 heavy (non-hydrogen) atoms. The minimum absolute atomic E-state index is 0.358. The molecule has 1 unspecified atom stereocenters. The fourth-order valence-electron chi connectivity index (χ4n) is 1.29. The molecule has 0 aromatic heterocycles. The minimum Gasteiger partial charge on any atom is -0.126 e. The molecule has 0 radical (unpaired) electrons. The third-order valence-electron chi connectivity index (χ3n) is 3.05. The van der Waals surface area contributed by atoms with Crippen molar-refractivity contribution in [2.75, 3.05) is 5.88 Å². The van der Waals surface area contributed by atoms with Crippen molar-refractivity contribution in [2.24, 2.45) is 11.3 Å². The Morgan fingerprint density at radius 3 is 2.17 bits per heavy atom. The van der Waals surface area contributed by atoms with Crippen molar-refractivity contribution in [3.8, 4) is 0 Å². The van der Waals surface area contributed by atoms with Crippen molar-refractivity contribution in [3.63, 3.8) is 0 Å². The van der Waals surface area contributed by atoms with Gasteiger partial charge in [-0.05, 0) is 17.8 Å². The maximum atomic E-state index is 5.98. The molecular formula is C11H23Cl. The molecule has 0 aliphatic rings. The summed E-state index contributed by atoms with van der Waals surface area (Å²) >= 11 is 5.98. The van der Waals surface area contributed by atoms with Crippen LogP contribution in [0.25, 0.3) is 0 Å². The highest BCUT2D eigenvalue weighted by Crippen LogP contribution is 2.34. The van der Waals surface area contributed by atoms with Gasteiger partial charge in [0.1, 0.15) is 0 Å². The first kappa shape index (κ1) is 12.3. The molecule has 74 valence electrons. The molecule has 0 saturated carbocycles. The topological polar surface area (TPSA) is 0 Å². The number of rotatable bonds is 6. The number of hydrogen-bond acceptors (Lipinski definition) is 0. The van der Waals surface area contributed by atoms with Crippen LogP contribution in [0, 0.1) is 11.3 Å². The minimum atomic E-state index is 0.358. The highest BCUT2D eigenvalue weighted by Gasteiger charge is 2.26. The molecule has 1 atom stereocenters. The van der Waals surface area contributed by atoms with Gasteiger partial charge in [-0.25, -0.2) is 0 Å². The summed E-state index contributed by atoms with van der Waals surface area (Å²) in [5, 5.41) is 0. The van der Waals surface area contributed by atoms with Crippen molar-refractivity contribution in [3.05, 3.63) is 0 Å². The number of hydrogen-bond donors (Lipinski definition) is 0. The van der Waals surface area contributed by atoms with E-state index in [0.717, 1.165) is 5.88 Å². The molecule has 0 saturated heterocycles. The lowest BCUT2D eigenvalue weighted by atomic mass is 9.77. The maximum Gasteiger partial charge on any atom is 0.0279 e. The summed E-state index contributed by atoms with van der Waals surface area (Å²) in [6.07, 6.45) is 5.26. The van der Waals surface area contributed by atoms with E-state index in [0.29, 0.717) is 11.3 Å². The largest absolute Gasteiger partial charge is 0.126 e. The molecule has 0 aliphatic heterocycles. The smallest absolute Gasteiger partial charge is 0.0279 e. The van der Waals surface area contributed by atoms with Crippen LogP contribution in [-0.4, -0.2) is 5.88 Å². The summed E-state index contributed by atoms with van der Waals surface area (Å²) in [5.74, 6) is 1.50. The molecule has 0 spiro atoms. The maximum absolute atomic E-state index is 5.98. The number of alkyl halides is 1. The molecule has 0 bridgehead atoms. The first-order valence-corrected chi connectivity index (χ1v) is 5.66. The van der Waals surface area contributed by atoms with E-state index in [1.165, 1.54) is 25.7 Å². The van der Waals surface area contributed by atoms with Gasteiger partial charge >= 0.3 is 0 Å². The fourth-order valence-corrected chi connectivity index (χ4v) is 1.73. The highest BCUT2D eigenvalue weighted by atomic mass is 35.5. The summed E-state index contributed by atoms with van der Waals surface area (Å²) in [5.41, 5.74) is 0.358. The van der Waals surface area contributed by atoms with Crippen LogP contribution >= 0.6 is 11.6 Å². The molecule has 1 heteroatoms. The van der Waals surface area contributed by atoms with Gasteiger partial charge in [-0.1, -0.05) is 47.0 Å². The number of unbranched alkanes of at least 4 members (excludes halogenated alkanes) is 2. The normalized spacial score (nSPS) is 16.5. The Labute approximate surface area is 82.7 Å². The van der Waals surface area contributed by atoms with Gasteiger partial charge in [0.25, 0.3) is 0 Å². The van der Waals surface area contributed by atoms with Crippen LogP contribution in [0.3, 0.4) is 0 Å². The average Bonchev–Trinajstić information content (AvgIpc) is 2.04. The second-order valence-electron chi connectivity index (χ2n) is 4.40. The van der Waals surface area contributed by atoms with Crippen LogP contribution in [0.1, 0.15) is 53.4 Å². The van der Waals surface area contributed by atoms with Gasteiger partial charge in [0.05, 0.1) is 0 Å². The van der Waals surface area contributed by atoms with E-state index < -0.39 is 0 Å². The third kappa shape index (κ3) is 3.80. The van der Waals surface area contributed by atoms with Gasteiger partial charge in [-0.2, -0.15) is 0 Å². The highest BCUT2D eigenvalue weighted by molar-refractivity contribution is 6.18. The van der Waals surface area contributed by atoms with Crippen molar-refractivity contribution < 1.29 is 0 Å². The molecule has 0 nitrogen and oxygen atoms in total. The fraction of sp³-hybridized carbons (Fsp3) is 1.00. The Bertz CT molecular complexity index is 110. The van der Waals surface area contributed by atoms with Crippen molar-refractivity contribution >= 4 is 11.6 Å². The van der Waals surface area contributed by atoms with Crippen LogP contribution < -0.4 is 0 Å². The molecule has 0 aromatic rings. The van der Waals surface area contributed by atoms with E-state index >= 15 is 0 Å². The zero-order valence-corrected chi connectivity index (χ0v) is 9.75. The Balaban J connectivity index is 3.80. The molecule has 0 aliphatic carbocycles. The second kappa shape index (κ2) is 5.85. The van der Waals surface area contributed by atoms with E-state index in [4.69, 9.17) is 11.6 Å². The summed E-state index contributed by atoms with van der Waals surface area (Å²) in [4.78, 5) is 0. The number of halogens is 1. The quantitative estimate of drug-likeness (QED) is 0.428. The molecule has 0 aromatic carbocycles. The lowest BCUT2D eigenvalue weighted by Gasteiger charge is -2.31. The van der Waals surface area contributed by atoms with Crippen LogP contribution in [0.5, 0.6) is 0 Å². The first-order valence-electron chi connectivity index (χ1n) is 5.12. The van der Waals surface area contributed by atoms with Crippen molar-refractivity contribution in [2.45, 2.75) is 53.4 Å². The molecule has 0 amide bonds. The van der Waals surface area contributed by atoms with E-state index in [-0.39, 0.29) is 0 Å². The Morgan fingerprint density at radius 2 is 1.83 bits per heavy atom. The Hall–Kier alpha value is 0.290. The van der Waals surface area contributed by atoms with E-state index in [2.05, 4.69) is 27.7 Å². The second-order valence-corrected chi connectivity index (χ2v) is 4.67. The van der Waals surface area contributed by atoms with E-state index in [9.17, 15) is 0 Å². The van der Waals surface area contributed by atoms with Crippen molar-refractivity contribution in [1.82, 2.24) is 0 Å². The molecule has 0 fully saturated rings. The first-order chi connectivity index (χ1) is 5.56. The SMILES string of the molecule is CCCCCC(C)(CCl)C(C)C. The van der Waals surface area contributed by atoms with Gasteiger partial charge in [-0.3, -0.25) is 0 Å². The van der Waals surface area contributed by atoms with E-state index in [1.807, 2.05) is 0 Å². The van der Waals surface area contributed by atoms with Crippen LogP contribution in [0.2, 0.25) is 0 Å². The van der Waals surface area contributed by atoms with Crippen molar-refractivity contribution in [1.29, 1.82) is 0 Å². The third-order valence-corrected chi connectivity index (χ3v) is 3.66. The summed E-state index contributed by atoms with van der Waals surface area (Å²) in [6.45, 7) is 9.09. The van der Waals surface area contributed by atoms with Crippen LogP contribution in [0.15, 0.2) is 0 Å². The van der Waals surface area contributed by atoms with Crippen LogP contribution in [-0.2, 0) is 0 Å². The van der Waals surface area contributed by atoms with Gasteiger partial charge in [0, 0.05) is 5.88 Å². The monoisotopic (exact) mass is 190 g/mol. The molecule has 0 heterocycles. The summed E-state index contributed by atoms with van der Waals surface area (Å²) in [6, 6.07) is 0. The van der Waals surface area contributed by atoms with Crippen LogP contribution in [0.4, 0.5) is 0 Å². The van der Waals surface area contributed by atoms with Gasteiger partial charge in [0.2, 0.25) is 0 Å². The standard InChI is InChI=1S/C11H23Cl/c1-5-6-7-8-11(4,9-12)10(2)3/h10H,5-9H2,1-4H3.